The molecule has 0 aliphatic rings. The minimum absolute atomic E-state index is 0.0455. The highest BCUT2D eigenvalue weighted by Crippen LogP contribution is 2.01. The first kappa shape index (κ1) is 29.8. The van der Waals surface area contributed by atoms with Gasteiger partial charge in [0.05, 0.1) is 0 Å². The fourth-order valence-corrected chi connectivity index (χ4v) is 3.23. The van der Waals surface area contributed by atoms with Gasteiger partial charge in [0.15, 0.2) is 0 Å². The summed E-state index contributed by atoms with van der Waals surface area (Å²) in [5, 5.41) is 14.4. The molecule has 0 saturated heterocycles. The third-order valence-electron chi connectivity index (χ3n) is 5.11. The van der Waals surface area contributed by atoms with Gasteiger partial charge in [0.25, 0.3) is 0 Å². The molecule has 0 aliphatic carbocycles. The Labute approximate surface area is 190 Å². The maximum atomic E-state index is 11.6. The highest BCUT2D eigenvalue weighted by molar-refractivity contribution is 6.45. The van der Waals surface area contributed by atoms with E-state index in [1.165, 1.54) is 19.3 Å². The number of nitrogens with one attached hydrogen (secondary N) is 3. The van der Waals surface area contributed by atoms with Crippen molar-refractivity contribution in [2.45, 2.75) is 58.7 Å². The molecule has 0 aromatic carbocycles. The van der Waals surface area contributed by atoms with Gasteiger partial charge in [0, 0.05) is 19.9 Å². The van der Waals surface area contributed by atoms with E-state index in [4.69, 9.17) is 5.02 Å². The lowest BCUT2D eigenvalue weighted by Gasteiger charge is -2.20. The number of hydrogen-bond acceptors (Lipinski definition) is 7. The highest BCUT2D eigenvalue weighted by Gasteiger charge is 2.06. The second-order valence-corrected chi connectivity index (χ2v) is 8.63. The minimum Gasteiger partial charge on any atom is -0.436 e. The van der Waals surface area contributed by atoms with E-state index >= 15 is 0 Å². The van der Waals surface area contributed by atoms with Gasteiger partial charge in [-0.25, -0.2) is 5.34 Å². The Kier molecular flexibility index (Phi) is 18.7. The molecule has 0 saturated carbocycles. The monoisotopic (exact) mass is 442 g/mol. The zero-order valence-electron chi connectivity index (χ0n) is 20.6. The number of rotatable bonds is 20. The molecule has 0 aromatic heterocycles. The van der Waals surface area contributed by atoms with Crippen molar-refractivity contribution in [3.05, 3.63) is 0 Å². The Morgan fingerprint density at radius 2 is 1.19 bits per heavy atom. The zero-order valence-corrected chi connectivity index (χ0v) is 20.6. The first-order chi connectivity index (χ1) is 14.7. The number of carbonyl (C=O) groups excluding carboxylic acids is 2. The van der Waals surface area contributed by atoms with Crippen LogP contribution in [0.5, 0.6) is 0 Å². The lowest BCUT2D eigenvalue weighted by atomic mass is 9.91. The van der Waals surface area contributed by atoms with Crippen LogP contribution < -0.4 is 16.1 Å². The second-order valence-electron chi connectivity index (χ2n) is 8.63. The van der Waals surface area contributed by atoms with Crippen molar-refractivity contribution < 1.29 is 14.6 Å². The number of carbonyl (C=O) groups is 2. The van der Waals surface area contributed by atoms with Gasteiger partial charge in [-0.1, -0.05) is 0 Å². The predicted octanol–water partition coefficient (Wildman–Crippen LogP) is 0.380. The van der Waals surface area contributed by atoms with Crippen molar-refractivity contribution >= 4 is 18.9 Å². The molecule has 182 valence electrons. The molecule has 0 bridgehead atoms. The van der Waals surface area contributed by atoms with E-state index in [0.717, 1.165) is 65.1 Å². The summed E-state index contributed by atoms with van der Waals surface area (Å²) in [5.41, 5.74) is 2.48. The number of hydrogen-bond donors (Lipinski definition) is 4. The SMILES string of the molecule is CB(O)NNC(=O)CCCN(C)CCCCN(C)CCCCN(C)CCCNC(C)=O. The van der Waals surface area contributed by atoms with E-state index in [1.54, 1.807) is 13.7 Å². The first-order valence-electron chi connectivity index (χ1n) is 11.7. The molecular weight excluding hydrogens is 395 g/mol. The molecule has 0 aromatic rings. The number of unbranched alkanes of at least 4 members (excludes halogenated alkanes) is 2. The van der Waals surface area contributed by atoms with Crippen LogP contribution in [0.3, 0.4) is 0 Å². The average Bonchev–Trinajstić information content (AvgIpc) is 2.70. The summed E-state index contributed by atoms with van der Waals surface area (Å²) < 4.78 is 0. The largest absolute Gasteiger partial charge is 0.436 e. The Hall–Kier alpha value is -1.20. The normalized spacial score (nSPS) is 11.4. The molecule has 10 heteroatoms. The van der Waals surface area contributed by atoms with Crippen LogP contribution in [0.1, 0.15) is 51.9 Å². The molecule has 4 N–H and O–H groups in total. The van der Waals surface area contributed by atoms with E-state index in [-0.39, 0.29) is 11.8 Å². The molecule has 0 aliphatic heterocycles. The average molecular weight is 442 g/mol. The third kappa shape index (κ3) is 21.8. The highest BCUT2D eigenvalue weighted by atomic mass is 16.2. The smallest absolute Gasteiger partial charge is 0.392 e. The maximum Gasteiger partial charge on any atom is 0.392 e. The van der Waals surface area contributed by atoms with Gasteiger partial charge in [-0.05, 0) is 106 Å². The molecule has 0 unspecified atom stereocenters. The van der Waals surface area contributed by atoms with Crippen LogP contribution in [-0.4, -0.2) is 106 Å². The van der Waals surface area contributed by atoms with Crippen molar-refractivity contribution in [1.29, 1.82) is 0 Å². The van der Waals surface area contributed by atoms with Crippen LogP contribution in [0.25, 0.3) is 0 Å². The van der Waals surface area contributed by atoms with Crippen LogP contribution in [-0.2, 0) is 9.59 Å². The first-order valence-corrected chi connectivity index (χ1v) is 11.7. The molecule has 9 nitrogen and oxygen atoms in total. The molecular formula is C21H47BN6O3. The summed E-state index contributed by atoms with van der Waals surface area (Å²) in [6, 6.07) is 0. The standard InChI is InChI=1S/C21H47BN6O3/c1-20(29)23-13-11-19-28(5)17-9-7-15-26(3)14-6-8-16-27(4)18-10-12-21(30)24-25-22(2)31/h25,31H,6-19H2,1-5H3,(H,23,29)(H,24,30). The van der Waals surface area contributed by atoms with Gasteiger partial charge in [-0.3, -0.25) is 9.59 Å². The fraction of sp³-hybridized carbons (Fsp3) is 0.905. The summed E-state index contributed by atoms with van der Waals surface area (Å²) in [7, 11) is 5.70. The van der Waals surface area contributed by atoms with E-state index in [2.05, 4.69) is 51.9 Å². The van der Waals surface area contributed by atoms with E-state index < -0.39 is 7.05 Å². The van der Waals surface area contributed by atoms with Crippen LogP contribution >= 0.6 is 0 Å². The van der Waals surface area contributed by atoms with Crippen molar-refractivity contribution in [2.24, 2.45) is 0 Å². The quantitative estimate of drug-likeness (QED) is 0.123. The third-order valence-corrected chi connectivity index (χ3v) is 5.11. The van der Waals surface area contributed by atoms with Gasteiger partial charge in [0.2, 0.25) is 11.8 Å². The molecule has 0 fully saturated rings. The summed E-state index contributed by atoms with van der Waals surface area (Å²) in [6.07, 6.45) is 7.01. The molecule has 0 spiro atoms. The van der Waals surface area contributed by atoms with Crippen molar-refractivity contribution in [2.75, 3.05) is 67.0 Å². The summed E-state index contributed by atoms with van der Waals surface area (Å²) in [6.45, 7) is 10.2. The lowest BCUT2D eigenvalue weighted by molar-refractivity contribution is -0.122. The lowest BCUT2D eigenvalue weighted by Crippen LogP contribution is -2.45. The topological polar surface area (TPSA) is 100 Å². The van der Waals surface area contributed by atoms with Crippen LogP contribution in [0, 0.1) is 0 Å². The predicted molar refractivity (Wildman–Crippen MR) is 129 cm³/mol. The Morgan fingerprint density at radius 1 is 0.774 bits per heavy atom. The molecule has 0 atom stereocenters. The Balaban J connectivity index is 3.53. The minimum atomic E-state index is -0.738. The molecule has 0 rings (SSSR count). The van der Waals surface area contributed by atoms with Gasteiger partial charge < -0.3 is 30.5 Å². The molecule has 0 radical (unpaired) electrons. The van der Waals surface area contributed by atoms with Crippen LogP contribution in [0.4, 0.5) is 0 Å². The summed E-state index contributed by atoms with van der Waals surface area (Å²) >= 11 is 0. The van der Waals surface area contributed by atoms with Crippen LogP contribution in [0.2, 0.25) is 6.82 Å². The van der Waals surface area contributed by atoms with E-state index in [1.807, 2.05) is 0 Å². The Bertz CT molecular complexity index is 470. The number of nitrogens with zero attached hydrogens (tertiary/aromatic N) is 3. The van der Waals surface area contributed by atoms with Gasteiger partial charge >= 0.3 is 7.05 Å². The summed E-state index contributed by atoms with van der Waals surface area (Å²) in [4.78, 5) is 29.4. The number of amides is 2. The maximum absolute atomic E-state index is 11.6. The van der Waals surface area contributed by atoms with E-state index in [0.29, 0.717) is 6.42 Å². The van der Waals surface area contributed by atoms with Crippen LogP contribution in [0.15, 0.2) is 0 Å². The molecule has 0 heterocycles. The van der Waals surface area contributed by atoms with Gasteiger partial charge in [0.1, 0.15) is 0 Å². The zero-order chi connectivity index (χ0) is 23.5. The molecule has 2 amide bonds. The van der Waals surface area contributed by atoms with Crippen molar-refractivity contribution in [1.82, 2.24) is 30.8 Å². The van der Waals surface area contributed by atoms with E-state index in [9.17, 15) is 9.59 Å². The van der Waals surface area contributed by atoms with Gasteiger partial charge in [-0.15, -0.1) is 0 Å². The Morgan fingerprint density at radius 3 is 1.61 bits per heavy atom. The molecule has 31 heavy (non-hydrogen) atoms. The van der Waals surface area contributed by atoms with Crippen molar-refractivity contribution in [3.63, 3.8) is 0 Å². The second kappa shape index (κ2) is 19.5. The fourth-order valence-electron chi connectivity index (χ4n) is 3.23. The van der Waals surface area contributed by atoms with Crippen molar-refractivity contribution in [3.8, 4) is 0 Å². The number of hydrazine groups is 1. The summed E-state index contributed by atoms with van der Waals surface area (Å²) in [5.74, 6) is -0.0451. The van der Waals surface area contributed by atoms with Gasteiger partial charge in [-0.2, -0.15) is 0 Å².